The number of benzene rings is 2. The average Bonchev–Trinajstić information content (AvgIpc) is 3.65. The Bertz CT molecular complexity index is 1280. The molecule has 0 radical (unpaired) electrons. The molecule has 172 valence electrons. The molecule has 8 heteroatoms. The number of fused-ring (bicyclic) bond motifs is 1. The van der Waals surface area contributed by atoms with Crippen molar-refractivity contribution in [2.75, 3.05) is 18.5 Å². The molecular formula is C25H26FN3O4. The molecule has 2 aliphatic rings. The summed E-state index contributed by atoms with van der Waals surface area (Å²) in [6.07, 6.45) is 3.63. The van der Waals surface area contributed by atoms with Gasteiger partial charge in [0.2, 0.25) is 0 Å². The van der Waals surface area contributed by atoms with Crippen molar-refractivity contribution < 1.29 is 19.0 Å². The quantitative estimate of drug-likeness (QED) is 0.567. The summed E-state index contributed by atoms with van der Waals surface area (Å²) >= 11 is 0. The minimum absolute atomic E-state index is 0.0188. The number of hydrogen-bond acceptors (Lipinski definition) is 5. The zero-order valence-electron chi connectivity index (χ0n) is 18.4. The number of carbonyl (C=O) groups is 1. The van der Waals surface area contributed by atoms with Gasteiger partial charge < -0.3 is 15.2 Å². The van der Waals surface area contributed by atoms with Crippen LogP contribution >= 0.6 is 0 Å². The number of rotatable bonds is 6. The van der Waals surface area contributed by atoms with Gasteiger partial charge in [-0.05, 0) is 56.9 Å². The van der Waals surface area contributed by atoms with E-state index in [1.165, 1.54) is 18.2 Å². The third kappa shape index (κ3) is 4.11. The minimum atomic E-state index is -1.06. The highest BCUT2D eigenvalue weighted by Crippen LogP contribution is 2.38. The van der Waals surface area contributed by atoms with Gasteiger partial charge in [0.1, 0.15) is 11.6 Å². The van der Waals surface area contributed by atoms with E-state index >= 15 is 0 Å². The van der Waals surface area contributed by atoms with E-state index in [1.807, 2.05) is 6.92 Å². The molecule has 1 saturated carbocycles. The highest BCUT2D eigenvalue weighted by molar-refractivity contribution is 5.94. The van der Waals surface area contributed by atoms with Gasteiger partial charge in [0, 0.05) is 29.8 Å². The van der Waals surface area contributed by atoms with Crippen LogP contribution in [0.25, 0.3) is 10.9 Å². The van der Waals surface area contributed by atoms with Gasteiger partial charge in [0.15, 0.2) is 0 Å². The topological polar surface area (TPSA) is 93.5 Å². The molecule has 1 aliphatic heterocycles. The van der Waals surface area contributed by atoms with E-state index in [1.54, 1.807) is 22.8 Å². The third-order valence-electron chi connectivity index (χ3n) is 6.46. The first-order valence-corrected chi connectivity index (χ1v) is 11.4. The first kappa shape index (κ1) is 21.6. The third-order valence-corrected chi connectivity index (χ3v) is 6.46. The Morgan fingerprint density at radius 3 is 2.76 bits per heavy atom. The zero-order chi connectivity index (χ0) is 23.1. The fourth-order valence-electron chi connectivity index (χ4n) is 4.66. The van der Waals surface area contributed by atoms with Crippen LogP contribution in [0.5, 0.6) is 0 Å². The van der Waals surface area contributed by atoms with E-state index in [0.717, 1.165) is 25.7 Å². The van der Waals surface area contributed by atoms with Crippen LogP contribution < -0.4 is 10.9 Å². The second-order valence-electron chi connectivity index (χ2n) is 8.90. The summed E-state index contributed by atoms with van der Waals surface area (Å²) in [6, 6.07) is 8.81. The monoisotopic (exact) mass is 451 g/mol. The summed E-state index contributed by atoms with van der Waals surface area (Å²) in [5.41, 5.74) is 1.29. The predicted octanol–water partition coefficient (Wildman–Crippen LogP) is 4.64. The number of anilines is 1. The van der Waals surface area contributed by atoms with Crippen molar-refractivity contribution in [2.24, 2.45) is 0 Å². The second-order valence-corrected chi connectivity index (χ2v) is 8.90. The molecule has 1 saturated heterocycles. The lowest BCUT2D eigenvalue weighted by molar-refractivity contribution is 0.0697. The largest absolute Gasteiger partial charge is 0.478 e. The maximum atomic E-state index is 14.7. The maximum absolute atomic E-state index is 14.7. The van der Waals surface area contributed by atoms with Crippen molar-refractivity contribution in [1.29, 1.82) is 0 Å². The average molecular weight is 451 g/mol. The number of nitrogens with one attached hydrogen (secondary N) is 1. The normalized spacial score (nSPS) is 19.4. The summed E-state index contributed by atoms with van der Waals surface area (Å²) in [4.78, 5) is 30.1. The highest BCUT2D eigenvalue weighted by atomic mass is 19.1. The van der Waals surface area contributed by atoms with Gasteiger partial charge in [-0.1, -0.05) is 12.1 Å². The molecule has 0 spiro atoms. The van der Waals surface area contributed by atoms with Crippen molar-refractivity contribution >= 4 is 22.6 Å². The number of hydrogen-bond donors (Lipinski definition) is 2. The molecule has 0 unspecified atom stereocenters. The molecule has 3 aromatic rings. The van der Waals surface area contributed by atoms with Crippen LogP contribution in [-0.4, -0.2) is 33.8 Å². The van der Waals surface area contributed by atoms with E-state index in [9.17, 15) is 19.1 Å². The van der Waals surface area contributed by atoms with Crippen LogP contribution in [0.15, 0.2) is 41.2 Å². The van der Waals surface area contributed by atoms with Crippen molar-refractivity contribution in [3.63, 3.8) is 0 Å². The van der Waals surface area contributed by atoms with Crippen LogP contribution in [0.4, 0.5) is 10.1 Å². The van der Waals surface area contributed by atoms with Gasteiger partial charge in [-0.3, -0.25) is 9.36 Å². The lowest BCUT2D eigenvalue weighted by Crippen LogP contribution is -2.30. The van der Waals surface area contributed by atoms with Crippen LogP contribution in [-0.2, 0) is 4.74 Å². The van der Waals surface area contributed by atoms with Crippen LogP contribution in [0.1, 0.15) is 72.4 Å². The lowest BCUT2D eigenvalue weighted by atomic mass is 9.99. The van der Waals surface area contributed by atoms with Gasteiger partial charge in [-0.2, -0.15) is 0 Å². The maximum Gasteiger partial charge on any atom is 0.337 e. The number of carboxylic acids is 1. The smallest absolute Gasteiger partial charge is 0.337 e. The van der Waals surface area contributed by atoms with E-state index in [2.05, 4.69) is 5.32 Å². The number of para-hydroxylation sites is 1. The number of aromatic nitrogens is 2. The SMILES string of the molecule is C[C@@H](Nc1ccccc1C(=O)O)c1cc(F)cc2c(=O)n(C3CC3)c([C@@H]3CCCOC3)nc12. The Morgan fingerprint density at radius 2 is 2.06 bits per heavy atom. The summed E-state index contributed by atoms with van der Waals surface area (Å²) < 4.78 is 22.1. The Kier molecular flexibility index (Phi) is 5.62. The minimum Gasteiger partial charge on any atom is -0.478 e. The lowest BCUT2D eigenvalue weighted by Gasteiger charge is -2.26. The van der Waals surface area contributed by atoms with E-state index in [0.29, 0.717) is 35.8 Å². The zero-order valence-corrected chi connectivity index (χ0v) is 18.4. The summed E-state index contributed by atoms with van der Waals surface area (Å²) in [5, 5.41) is 12.9. The van der Waals surface area contributed by atoms with Gasteiger partial charge >= 0.3 is 5.97 Å². The molecule has 33 heavy (non-hydrogen) atoms. The molecule has 7 nitrogen and oxygen atoms in total. The van der Waals surface area contributed by atoms with Crippen molar-refractivity contribution in [1.82, 2.24) is 9.55 Å². The van der Waals surface area contributed by atoms with E-state index in [4.69, 9.17) is 9.72 Å². The number of aromatic carboxylic acids is 1. The van der Waals surface area contributed by atoms with Crippen LogP contribution in [0.2, 0.25) is 0 Å². The van der Waals surface area contributed by atoms with Gasteiger partial charge in [0.25, 0.3) is 5.56 Å². The molecule has 1 aliphatic carbocycles. The number of ether oxygens (including phenoxy) is 1. The standard InChI is InChI=1S/C25H26FN3O4/c1-14(27-21-7-3-2-6-18(21)25(31)32)19-11-16(26)12-20-22(19)28-23(15-5-4-10-33-13-15)29(24(20)30)17-8-9-17/h2-3,6-7,11-12,14-15,17,27H,4-5,8-10,13H2,1H3,(H,31,32)/t14-,15-/m1/s1. The molecule has 2 N–H and O–H groups in total. The molecule has 1 aromatic heterocycles. The van der Waals surface area contributed by atoms with Gasteiger partial charge in [-0.15, -0.1) is 0 Å². The molecule has 2 atom stereocenters. The van der Waals surface area contributed by atoms with Gasteiger partial charge in [-0.25, -0.2) is 14.2 Å². The Hall–Kier alpha value is -3.26. The molecule has 2 fully saturated rings. The first-order chi connectivity index (χ1) is 15.9. The van der Waals surface area contributed by atoms with Crippen LogP contribution in [0.3, 0.4) is 0 Å². The summed E-state index contributed by atoms with van der Waals surface area (Å²) in [5.74, 6) is -0.849. The van der Waals surface area contributed by atoms with E-state index in [-0.39, 0.29) is 28.5 Å². The second kappa shape index (κ2) is 8.59. The molecule has 2 aromatic carbocycles. The number of nitrogens with zero attached hydrogens (tertiary/aromatic N) is 2. The summed E-state index contributed by atoms with van der Waals surface area (Å²) in [6.45, 7) is 3.03. The van der Waals surface area contributed by atoms with Crippen molar-refractivity contribution in [3.05, 3.63) is 69.5 Å². The van der Waals surface area contributed by atoms with Crippen molar-refractivity contribution in [2.45, 2.75) is 50.6 Å². The predicted molar refractivity (Wildman–Crippen MR) is 122 cm³/mol. The highest BCUT2D eigenvalue weighted by Gasteiger charge is 2.32. The van der Waals surface area contributed by atoms with Crippen molar-refractivity contribution in [3.8, 4) is 0 Å². The molecular weight excluding hydrogens is 425 g/mol. The summed E-state index contributed by atoms with van der Waals surface area (Å²) in [7, 11) is 0. The molecule has 0 bridgehead atoms. The van der Waals surface area contributed by atoms with E-state index < -0.39 is 17.8 Å². The molecule has 0 amide bonds. The fraction of sp³-hybridized carbons (Fsp3) is 0.400. The Balaban J connectivity index is 1.64. The molecule has 2 heterocycles. The Labute approximate surface area is 190 Å². The Morgan fingerprint density at radius 1 is 1.27 bits per heavy atom. The number of carboxylic acid groups (broad SMARTS) is 1. The fourth-order valence-corrected chi connectivity index (χ4v) is 4.66. The molecule has 5 rings (SSSR count). The van der Waals surface area contributed by atoms with Gasteiger partial charge in [0.05, 0.1) is 29.1 Å². The first-order valence-electron chi connectivity index (χ1n) is 11.4. The number of halogens is 1. The van der Waals surface area contributed by atoms with Crippen LogP contribution in [0, 0.1) is 5.82 Å².